The minimum atomic E-state index is -0.400. The molecule has 0 aliphatic carbocycles. The van der Waals surface area contributed by atoms with E-state index in [0.717, 1.165) is 36.3 Å². The van der Waals surface area contributed by atoms with Crippen molar-refractivity contribution in [1.29, 1.82) is 10.9 Å². The van der Waals surface area contributed by atoms with E-state index in [1.54, 1.807) is 6.08 Å². The number of carbonyl (C=O) groups excluding carboxylic acids is 2. The van der Waals surface area contributed by atoms with Gasteiger partial charge in [0.2, 0.25) is 6.41 Å². The fraction of sp³-hybridized carbons (Fsp3) is 0.452. The Labute approximate surface area is 235 Å². The summed E-state index contributed by atoms with van der Waals surface area (Å²) in [5, 5.41) is 8.50. The van der Waals surface area contributed by atoms with E-state index in [4.69, 9.17) is 25.2 Å². The summed E-state index contributed by atoms with van der Waals surface area (Å²) in [5.74, 6) is 1.83. The van der Waals surface area contributed by atoms with Gasteiger partial charge in [-0.25, -0.2) is 5.53 Å². The van der Waals surface area contributed by atoms with Crippen molar-refractivity contribution >= 4 is 18.5 Å². The predicted molar refractivity (Wildman–Crippen MR) is 161 cm³/mol. The number of Topliss-reactive ketones (excluding diaryl/α,β-unsaturated/α-hetero) is 1. The number of primary amides is 1. The van der Waals surface area contributed by atoms with Gasteiger partial charge in [-0.15, -0.1) is 18.0 Å². The van der Waals surface area contributed by atoms with Crippen LogP contribution >= 0.6 is 0 Å². The number of amides is 1. The van der Waals surface area contributed by atoms with Crippen molar-refractivity contribution in [2.45, 2.75) is 73.1 Å². The Kier molecular flexibility index (Phi) is 23.5. The van der Waals surface area contributed by atoms with Crippen LogP contribution < -0.4 is 10.5 Å². The second-order valence-corrected chi connectivity index (χ2v) is 9.10. The molecule has 1 aromatic carbocycles. The van der Waals surface area contributed by atoms with Gasteiger partial charge in [0.05, 0.1) is 5.41 Å². The van der Waals surface area contributed by atoms with Crippen LogP contribution in [0.25, 0.3) is 0 Å². The number of carbonyl (C=O) groups is 2. The zero-order valence-corrected chi connectivity index (χ0v) is 24.8. The first-order valence-electron chi connectivity index (χ1n) is 12.7. The molecule has 39 heavy (non-hydrogen) atoms. The van der Waals surface area contributed by atoms with Crippen LogP contribution in [0.1, 0.15) is 71.9 Å². The summed E-state index contributed by atoms with van der Waals surface area (Å²) in [6.07, 6.45) is 19.7. The average molecular weight is 541 g/mol. The van der Waals surface area contributed by atoms with Gasteiger partial charge in [0, 0.05) is 5.41 Å². The maximum absolute atomic E-state index is 12.2. The highest BCUT2D eigenvalue weighted by atomic mass is 16.5. The monoisotopic (exact) mass is 540 g/mol. The van der Waals surface area contributed by atoms with Crippen LogP contribution in [0.4, 0.5) is 0 Å². The lowest BCUT2D eigenvalue weighted by Gasteiger charge is -2.35. The Morgan fingerprint density at radius 3 is 2.13 bits per heavy atom. The largest absolute Gasteiger partial charge is 0.493 e. The van der Waals surface area contributed by atoms with Crippen molar-refractivity contribution in [3.05, 3.63) is 66.0 Å². The standard InChI is InChI=1S/C27H40O3.C2H2.CH3N3.CH3NO/c1-9-13-14-15-25(29-18-10-2)27(11-3,12-4)22-16-17-23(21(5)19-22)30-20-24(28)26(6,7)8;1-2;2-1-4-3;2-1-3/h9-10,13,15-17,19H,2,11-12,14,18,20H2,1,3-8H3;1-2H;1-3H;1H,(H2,2,3)/b13-9+,25-15-;;;. The summed E-state index contributed by atoms with van der Waals surface area (Å²) in [4.78, 5) is 20.8. The molecule has 0 saturated heterocycles. The highest BCUT2D eigenvalue weighted by molar-refractivity contribution is 5.85. The molecule has 0 aliphatic heterocycles. The van der Waals surface area contributed by atoms with Crippen molar-refractivity contribution in [3.63, 3.8) is 0 Å². The van der Waals surface area contributed by atoms with Gasteiger partial charge < -0.3 is 15.2 Å². The number of hydrogen-bond acceptors (Lipinski definition) is 6. The second-order valence-electron chi connectivity index (χ2n) is 9.10. The third-order valence-corrected chi connectivity index (χ3v) is 5.70. The van der Waals surface area contributed by atoms with Crippen molar-refractivity contribution in [2.75, 3.05) is 13.2 Å². The molecule has 1 aromatic rings. The Hall–Kier alpha value is -3.99. The number of ether oxygens (including phenoxy) is 2. The van der Waals surface area contributed by atoms with Gasteiger partial charge in [0.1, 0.15) is 31.1 Å². The van der Waals surface area contributed by atoms with E-state index < -0.39 is 5.41 Å². The zero-order valence-electron chi connectivity index (χ0n) is 24.8. The molecular weight excluding hydrogens is 492 g/mol. The van der Waals surface area contributed by atoms with Crippen LogP contribution in [0, 0.1) is 36.1 Å². The van der Waals surface area contributed by atoms with E-state index in [1.807, 2.05) is 40.7 Å². The quantitative estimate of drug-likeness (QED) is 0.0468. The van der Waals surface area contributed by atoms with Crippen molar-refractivity contribution in [3.8, 4) is 18.6 Å². The first-order chi connectivity index (χ1) is 18.5. The number of hydrogen-bond donors (Lipinski definition) is 3. The number of aryl methyl sites for hydroxylation is 1. The Bertz CT molecular complexity index is 947. The third kappa shape index (κ3) is 15.1. The molecule has 8 nitrogen and oxygen atoms in total. The molecule has 0 aliphatic rings. The number of rotatable bonds is 13. The number of allylic oxidation sites excluding steroid dienone is 4. The molecule has 0 fully saturated rings. The first-order valence-corrected chi connectivity index (χ1v) is 12.7. The summed E-state index contributed by atoms with van der Waals surface area (Å²) in [6.45, 7) is 18.6. The van der Waals surface area contributed by atoms with Crippen LogP contribution in [0.3, 0.4) is 0 Å². The topological polar surface area (TPSA) is 139 Å². The molecule has 0 saturated carbocycles. The maximum atomic E-state index is 12.2. The Balaban J connectivity index is -0.00000126. The summed E-state index contributed by atoms with van der Waals surface area (Å²) in [7, 11) is 0. The van der Waals surface area contributed by atoms with E-state index >= 15 is 0 Å². The SMILES string of the molecule is C#C.C=CCO/C(=C\C/C=C/C)C(CC)(CC)c1ccc(OCC(=O)C(C)(C)C)c(C)c1.N=CN=N.NC=O. The lowest BCUT2D eigenvalue weighted by atomic mass is 9.73. The minimum absolute atomic E-state index is 0.0906. The van der Waals surface area contributed by atoms with Crippen LogP contribution in [-0.2, 0) is 19.7 Å². The van der Waals surface area contributed by atoms with Gasteiger partial charge in [-0.1, -0.05) is 71.6 Å². The summed E-state index contributed by atoms with van der Waals surface area (Å²) < 4.78 is 12.0. The molecule has 216 valence electrons. The van der Waals surface area contributed by atoms with Gasteiger partial charge >= 0.3 is 0 Å². The normalized spacial score (nSPS) is 10.7. The smallest absolute Gasteiger partial charge is 0.204 e. The zero-order chi connectivity index (χ0) is 30.9. The molecule has 8 heteroatoms. The van der Waals surface area contributed by atoms with E-state index in [1.165, 1.54) is 5.56 Å². The fourth-order valence-corrected chi connectivity index (χ4v) is 3.47. The summed E-state index contributed by atoms with van der Waals surface area (Å²) in [5.41, 5.74) is 11.6. The first kappa shape index (κ1) is 39.5. The number of nitrogens with two attached hydrogens (primary N) is 1. The molecule has 1 rings (SSSR count). The van der Waals surface area contributed by atoms with Crippen molar-refractivity contribution in [1.82, 2.24) is 0 Å². The van der Waals surface area contributed by atoms with Gasteiger partial charge in [0.25, 0.3) is 0 Å². The molecule has 1 amide bonds. The Morgan fingerprint density at radius 2 is 1.74 bits per heavy atom. The number of terminal acetylenes is 1. The van der Waals surface area contributed by atoms with Crippen LogP contribution in [0.15, 0.2) is 60.0 Å². The van der Waals surface area contributed by atoms with E-state index in [2.05, 4.69) is 74.5 Å². The van der Waals surface area contributed by atoms with Crippen LogP contribution in [-0.4, -0.2) is 31.7 Å². The van der Waals surface area contributed by atoms with E-state index in [9.17, 15) is 4.79 Å². The van der Waals surface area contributed by atoms with Crippen LogP contribution in [0.5, 0.6) is 5.75 Å². The van der Waals surface area contributed by atoms with Gasteiger partial charge in [-0.3, -0.25) is 15.0 Å². The number of nitrogens with zero attached hydrogens (tertiary/aromatic N) is 1. The van der Waals surface area contributed by atoms with E-state index in [0.29, 0.717) is 12.9 Å². The molecule has 0 radical (unpaired) electrons. The fourth-order valence-electron chi connectivity index (χ4n) is 3.47. The van der Waals surface area contributed by atoms with Gasteiger partial charge in [-0.2, -0.15) is 0 Å². The molecular formula is C31H48N4O4. The maximum Gasteiger partial charge on any atom is 0.204 e. The lowest BCUT2D eigenvalue weighted by Crippen LogP contribution is -2.29. The molecule has 0 spiro atoms. The molecule has 4 N–H and O–H groups in total. The molecule has 0 heterocycles. The number of benzene rings is 1. The van der Waals surface area contributed by atoms with Crippen LogP contribution in [0.2, 0.25) is 0 Å². The lowest BCUT2D eigenvalue weighted by molar-refractivity contribution is -0.128. The minimum Gasteiger partial charge on any atom is -0.493 e. The molecule has 0 bridgehead atoms. The van der Waals surface area contributed by atoms with Crippen molar-refractivity contribution in [2.24, 2.45) is 16.3 Å². The second kappa shape index (κ2) is 23.2. The Morgan fingerprint density at radius 1 is 1.21 bits per heavy atom. The highest BCUT2D eigenvalue weighted by Crippen LogP contribution is 2.41. The predicted octanol–water partition coefficient (Wildman–Crippen LogP) is 7.07. The highest BCUT2D eigenvalue weighted by Gasteiger charge is 2.35. The molecule has 0 aromatic heterocycles. The van der Waals surface area contributed by atoms with Gasteiger partial charge in [0.15, 0.2) is 5.78 Å². The summed E-state index contributed by atoms with van der Waals surface area (Å²) in [6, 6.07) is 6.26. The third-order valence-electron chi connectivity index (χ3n) is 5.70. The molecule has 0 atom stereocenters. The molecule has 0 unspecified atom stereocenters. The number of nitrogens with one attached hydrogen (secondary N) is 2. The average Bonchev–Trinajstić information content (AvgIpc) is 2.92. The van der Waals surface area contributed by atoms with Gasteiger partial charge in [-0.05, 0) is 56.4 Å². The van der Waals surface area contributed by atoms with Crippen molar-refractivity contribution < 1.29 is 19.1 Å². The summed E-state index contributed by atoms with van der Waals surface area (Å²) >= 11 is 0. The van der Waals surface area contributed by atoms with E-state index in [-0.39, 0.29) is 24.2 Å². The number of ketones is 1.